The molecule has 1 spiro atoms. The highest BCUT2D eigenvalue weighted by molar-refractivity contribution is 7.25. The van der Waals surface area contributed by atoms with Crippen molar-refractivity contribution in [3.8, 4) is 50.2 Å². The highest BCUT2D eigenvalue weighted by Gasteiger charge is 2.51. The Morgan fingerprint density at radius 1 is 0.343 bits per heavy atom. The maximum absolute atomic E-state index is 2.53. The fourth-order valence-corrected chi connectivity index (χ4v) is 13.5. The molecule has 11 aromatic carbocycles. The van der Waals surface area contributed by atoms with Gasteiger partial charge in [0.15, 0.2) is 0 Å². The van der Waals surface area contributed by atoms with Crippen LogP contribution in [0.2, 0.25) is 0 Å². The fraction of sp³-hybridized carbons (Fsp3) is 0.0149. The first-order valence-corrected chi connectivity index (χ1v) is 25.0. The second-order valence-corrected chi connectivity index (χ2v) is 19.8. The molecule has 3 heteroatoms. The lowest BCUT2D eigenvalue weighted by molar-refractivity contribution is 0.748. The first-order valence-electron chi connectivity index (χ1n) is 24.2. The summed E-state index contributed by atoms with van der Waals surface area (Å²) in [5.41, 5.74) is 21.4. The smallest absolute Gasteiger partial charge is 0.0755 e. The summed E-state index contributed by atoms with van der Waals surface area (Å²) < 4.78 is 5.15. The Labute approximate surface area is 410 Å². The maximum atomic E-state index is 2.53. The average Bonchev–Trinajstić information content (AvgIpc) is 4.08. The van der Waals surface area contributed by atoms with Gasteiger partial charge in [-0.2, -0.15) is 0 Å². The lowest BCUT2D eigenvalue weighted by Crippen LogP contribution is -2.33. The molecule has 0 saturated heterocycles. The second kappa shape index (κ2) is 15.1. The van der Waals surface area contributed by atoms with Crippen molar-refractivity contribution in [3.63, 3.8) is 0 Å². The Morgan fingerprint density at radius 3 is 1.86 bits per heavy atom. The standard InChI is InChI=1S/C67H42N2S/c1-2-17-43(18-3-1)45-19-14-20-46(41-45)49-21-5-10-30-60(49)68(47-37-35-44(36-38-47)50-25-16-34-64-65(50)55-24-7-13-33-63(55)70-64)48-39-40-52-51-22-4-8-27-56(51)67(59(52)42-48)57-28-9-12-32-62(57)69-61-31-11-6-23-53(61)54-26-15-29-58(67)66(54)69/h1-42H. The zero-order chi connectivity index (χ0) is 45.9. The highest BCUT2D eigenvalue weighted by Crippen LogP contribution is 2.62. The summed E-state index contributed by atoms with van der Waals surface area (Å²) in [5.74, 6) is 0. The van der Waals surface area contributed by atoms with Crippen molar-refractivity contribution < 1.29 is 0 Å². The van der Waals surface area contributed by atoms with Crippen LogP contribution >= 0.6 is 11.3 Å². The molecule has 3 heterocycles. The Balaban J connectivity index is 0.982. The molecular weight excluding hydrogens is 865 g/mol. The van der Waals surface area contributed by atoms with E-state index in [2.05, 4.69) is 264 Å². The summed E-state index contributed by atoms with van der Waals surface area (Å²) in [4.78, 5) is 2.50. The Bertz CT molecular complexity index is 4250. The number of aromatic nitrogens is 1. The molecule has 0 radical (unpaired) electrons. The number of nitrogens with zero attached hydrogens (tertiary/aromatic N) is 2. The molecule has 1 aliphatic heterocycles. The maximum Gasteiger partial charge on any atom is 0.0755 e. The van der Waals surface area contributed by atoms with Crippen LogP contribution in [-0.4, -0.2) is 4.57 Å². The molecule has 1 atom stereocenters. The van der Waals surface area contributed by atoms with E-state index in [0.717, 1.165) is 22.6 Å². The third kappa shape index (κ3) is 5.49. The van der Waals surface area contributed by atoms with Crippen LogP contribution in [0, 0.1) is 0 Å². The summed E-state index contributed by atoms with van der Waals surface area (Å²) in [5, 5.41) is 5.19. The zero-order valence-corrected chi connectivity index (χ0v) is 38.9. The Kier molecular flexibility index (Phi) is 8.48. The summed E-state index contributed by atoms with van der Waals surface area (Å²) in [6, 6.07) is 95.0. The number of hydrogen-bond donors (Lipinski definition) is 0. The van der Waals surface area contributed by atoms with Crippen molar-refractivity contribution in [2.24, 2.45) is 0 Å². The Morgan fingerprint density at radius 2 is 0.957 bits per heavy atom. The lowest BCUT2D eigenvalue weighted by atomic mass is 9.65. The molecule has 2 aliphatic rings. The van der Waals surface area contributed by atoms with Gasteiger partial charge in [0.2, 0.25) is 0 Å². The molecule has 0 amide bonds. The van der Waals surface area contributed by atoms with Crippen molar-refractivity contribution in [3.05, 3.63) is 277 Å². The topological polar surface area (TPSA) is 8.17 Å². The number of fused-ring (bicyclic) bond motifs is 15. The second-order valence-electron chi connectivity index (χ2n) is 18.7. The molecule has 15 rings (SSSR count). The number of hydrogen-bond acceptors (Lipinski definition) is 2. The first-order chi connectivity index (χ1) is 34.7. The van der Waals surface area contributed by atoms with E-state index >= 15 is 0 Å². The minimum Gasteiger partial charge on any atom is -0.310 e. The van der Waals surface area contributed by atoms with E-state index in [1.807, 2.05) is 11.3 Å². The third-order valence-electron chi connectivity index (χ3n) is 15.2. The number of rotatable bonds is 6. The summed E-state index contributed by atoms with van der Waals surface area (Å²) in [6.45, 7) is 0. The van der Waals surface area contributed by atoms with Gasteiger partial charge in [-0.15, -0.1) is 11.3 Å². The normalized spacial score (nSPS) is 14.3. The summed E-state index contributed by atoms with van der Waals surface area (Å²) >= 11 is 1.87. The molecule has 2 nitrogen and oxygen atoms in total. The van der Waals surface area contributed by atoms with E-state index in [1.54, 1.807) is 0 Å². The number of para-hydroxylation sites is 4. The Hall–Kier alpha value is -8.76. The molecule has 2 aromatic heterocycles. The van der Waals surface area contributed by atoms with Crippen LogP contribution in [0.25, 0.3) is 92.2 Å². The van der Waals surface area contributed by atoms with Crippen molar-refractivity contribution in [2.75, 3.05) is 4.90 Å². The van der Waals surface area contributed by atoms with E-state index < -0.39 is 5.41 Å². The van der Waals surface area contributed by atoms with Gasteiger partial charge in [0.05, 0.1) is 27.8 Å². The van der Waals surface area contributed by atoms with Crippen LogP contribution in [0.3, 0.4) is 0 Å². The average molecular weight is 907 g/mol. The predicted octanol–water partition coefficient (Wildman–Crippen LogP) is 18.3. The number of benzene rings is 11. The highest BCUT2D eigenvalue weighted by atomic mass is 32.1. The molecule has 0 saturated carbocycles. The van der Waals surface area contributed by atoms with E-state index in [9.17, 15) is 0 Å². The van der Waals surface area contributed by atoms with Crippen LogP contribution in [0.5, 0.6) is 0 Å². The first kappa shape index (κ1) is 39.3. The lowest BCUT2D eigenvalue weighted by Gasteiger charge is -2.40. The van der Waals surface area contributed by atoms with Gasteiger partial charge >= 0.3 is 0 Å². The summed E-state index contributed by atoms with van der Waals surface area (Å²) in [7, 11) is 0. The predicted molar refractivity (Wildman–Crippen MR) is 296 cm³/mol. The number of thiophene rings is 1. The SMILES string of the molecule is c1ccc(-c2cccc(-c3ccccc3N(c3ccc(-c4cccc5sc6ccccc6c45)cc3)c3ccc4c(c3)C3(c5ccccc5-4)c4ccccc4-n4c5ccccc5c5cccc3c54)c2)cc1. The van der Waals surface area contributed by atoms with Gasteiger partial charge in [-0.25, -0.2) is 0 Å². The molecular formula is C67H42N2S. The van der Waals surface area contributed by atoms with E-state index in [-0.39, 0.29) is 0 Å². The minimum absolute atomic E-state index is 0.580. The molecule has 1 unspecified atom stereocenters. The molecule has 70 heavy (non-hydrogen) atoms. The van der Waals surface area contributed by atoms with Crippen LogP contribution < -0.4 is 4.90 Å². The molecule has 0 fully saturated rings. The third-order valence-corrected chi connectivity index (χ3v) is 16.3. The molecule has 0 bridgehead atoms. The van der Waals surface area contributed by atoms with Gasteiger partial charge in [-0.3, -0.25) is 0 Å². The van der Waals surface area contributed by atoms with Crippen molar-refractivity contribution in [1.82, 2.24) is 4.57 Å². The van der Waals surface area contributed by atoms with Gasteiger partial charge in [0.1, 0.15) is 0 Å². The van der Waals surface area contributed by atoms with E-state index in [1.165, 1.54) is 109 Å². The zero-order valence-electron chi connectivity index (χ0n) is 38.1. The van der Waals surface area contributed by atoms with Crippen molar-refractivity contribution in [1.29, 1.82) is 0 Å². The minimum atomic E-state index is -0.580. The van der Waals surface area contributed by atoms with Gasteiger partial charge in [-0.1, -0.05) is 194 Å². The van der Waals surface area contributed by atoms with Crippen molar-refractivity contribution in [2.45, 2.75) is 5.41 Å². The van der Waals surface area contributed by atoms with E-state index in [0.29, 0.717) is 0 Å². The van der Waals surface area contributed by atoms with Gasteiger partial charge in [0, 0.05) is 47.9 Å². The van der Waals surface area contributed by atoms with Crippen LogP contribution in [-0.2, 0) is 5.41 Å². The summed E-state index contributed by atoms with van der Waals surface area (Å²) in [6.07, 6.45) is 0. The van der Waals surface area contributed by atoms with E-state index in [4.69, 9.17) is 0 Å². The molecule has 13 aromatic rings. The van der Waals surface area contributed by atoms with Gasteiger partial charge in [0.25, 0.3) is 0 Å². The number of anilines is 3. The quantitative estimate of drug-likeness (QED) is 0.161. The van der Waals surface area contributed by atoms with Gasteiger partial charge < -0.3 is 9.47 Å². The molecule has 1 aliphatic carbocycles. The van der Waals surface area contributed by atoms with Crippen LogP contribution in [0.15, 0.2) is 255 Å². The molecule has 0 N–H and O–H groups in total. The molecule has 326 valence electrons. The fourth-order valence-electron chi connectivity index (χ4n) is 12.3. The van der Waals surface area contributed by atoms with Crippen molar-refractivity contribution >= 4 is 70.4 Å². The van der Waals surface area contributed by atoms with Crippen LogP contribution in [0.1, 0.15) is 22.3 Å². The monoisotopic (exact) mass is 906 g/mol. The van der Waals surface area contributed by atoms with Gasteiger partial charge in [-0.05, 0) is 122 Å². The van der Waals surface area contributed by atoms with Crippen LogP contribution in [0.4, 0.5) is 17.1 Å². The largest absolute Gasteiger partial charge is 0.310 e.